The highest BCUT2D eigenvalue weighted by molar-refractivity contribution is 5.99. The second kappa shape index (κ2) is 8.55. The molecule has 0 saturated carbocycles. The highest BCUT2D eigenvalue weighted by Gasteiger charge is 2.52. The van der Waals surface area contributed by atoms with E-state index in [0.717, 1.165) is 0 Å². The zero-order valence-electron chi connectivity index (χ0n) is 21.5. The molecule has 8 rings (SSSR count). The molecule has 0 nitrogen and oxygen atoms in total. The smallest absolute Gasteiger partial charge is 0.0622 e. The maximum Gasteiger partial charge on any atom is 0.0731 e. The van der Waals surface area contributed by atoms with Gasteiger partial charge in [-0.15, -0.1) is 0 Å². The van der Waals surface area contributed by atoms with Crippen LogP contribution in [-0.4, -0.2) is 0 Å². The summed E-state index contributed by atoms with van der Waals surface area (Å²) in [5, 5.41) is 0. The van der Waals surface area contributed by atoms with Gasteiger partial charge in [0.1, 0.15) is 0 Å². The number of benzene rings is 6. The molecule has 0 N–H and O–H groups in total. The topological polar surface area (TPSA) is 0 Å². The van der Waals surface area contributed by atoms with E-state index in [1.807, 2.05) is 0 Å². The molecule has 39 heavy (non-hydrogen) atoms. The van der Waals surface area contributed by atoms with Crippen molar-refractivity contribution in [2.45, 2.75) is 5.41 Å². The van der Waals surface area contributed by atoms with Gasteiger partial charge in [0.25, 0.3) is 0 Å². The van der Waals surface area contributed by atoms with E-state index >= 15 is 0 Å². The fraction of sp³-hybridized carbons (Fsp3) is 0.0256. The van der Waals surface area contributed by atoms with Crippen LogP contribution in [0.2, 0.25) is 0 Å². The van der Waals surface area contributed by atoms with Crippen molar-refractivity contribution in [2.24, 2.45) is 0 Å². The monoisotopic (exact) mass is 494 g/mol. The fourth-order valence-corrected chi connectivity index (χ4v) is 7.03. The molecule has 0 amide bonds. The van der Waals surface area contributed by atoms with Gasteiger partial charge in [-0.1, -0.05) is 152 Å². The third-order valence-corrected chi connectivity index (χ3v) is 8.51. The molecule has 0 saturated heterocycles. The van der Waals surface area contributed by atoms with E-state index in [4.69, 9.17) is 0 Å². The average Bonchev–Trinajstić information content (AvgIpc) is 3.49. The minimum Gasteiger partial charge on any atom is -0.0622 e. The summed E-state index contributed by atoms with van der Waals surface area (Å²) in [5.74, 6) is 0. The normalized spacial score (nSPS) is 13.3. The molecular weight excluding hydrogens is 468 g/mol. The van der Waals surface area contributed by atoms with Gasteiger partial charge in [0.05, 0.1) is 5.41 Å². The van der Waals surface area contributed by atoms with Crippen LogP contribution in [0, 0.1) is 0 Å². The summed E-state index contributed by atoms with van der Waals surface area (Å²) in [7, 11) is 0. The predicted molar refractivity (Wildman–Crippen MR) is 163 cm³/mol. The van der Waals surface area contributed by atoms with E-state index in [1.165, 1.54) is 66.8 Å². The lowest BCUT2D eigenvalue weighted by Crippen LogP contribution is -2.26. The van der Waals surface area contributed by atoms with Gasteiger partial charge in [-0.05, 0) is 72.8 Å². The lowest BCUT2D eigenvalue weighted by Gasteiger charge is -2.31. The van der Waals surface area contributed by atoms with Gasteiger partial charge in [0.15, 0.2) is 0 Å². The van der Waals surface area contributed by atoms with Crippen LogP contribution in [0.15, 0.2) is 152 Å². The molecule has 2 aliphatic rings. The van der Waals surface area contributed by atoms with Crippen LogP contribution in [0.3, 0.4) is 0 Å². The number of hydrogen-bond donors (Lipinski definition) is 0. The molecule has 0 atom stereocenters. The largest absolute Gasteiger partial charge is 0.0731 e. The minimum absolute atomic E-state index is 0.356. The highest BCUT2D eigenvalue weighted by Crippen LogP contribution is 2.63. The summed E-state index contributed by atoms with van der Waals surface area (Å²) in [6.45, 7) is 0. The van der Waals surface area contributed by atoms with Gasteiger partial charge in [-0.3, -0.25) is 0 Å². The van der Waals surface area contributed by atoms with Crippen molar-refractivity contribution in [1.82, 2.24) is 0 Å². The van der Waals surface area contributed by atoms with E-state index < -0.39 is 0 Å². The maximum atomic E-state index is 2.42. The molecule has 0 heterocycles. The van der Waals surface area contributed by atoms with Crippen LogP contribution in [0.1, 0.15) is 38.9 Å². The molecule has 0 aromatic heterocycles. The molecule has 182 valence electrons. The number of rotatable bonds is 3. The standard InChI is InChI=1S/C39H26/c1-3-14-27(15-4-1)34(28-16-5-2-6-17-28)26-29-18-13-22-33-32-21-9-12-25-37(32)39(38(29)33)35-23-10-7-19-30(35)31-20-8-11-24-36(31)39/h1-26H. The van der Waals surface area contributed by atoms with Crippen LogP contribution in [0.25, 0.3) is 33.9 Å². The Labute approximate surface area is 229 Å². The Morgan fingerprint density at radius 3 is 1.31 bits per heavy atom. The van der Waals surface area contributed by atoms with Gasteiger partial charge in [0.2, 0.25) is 0 Å². The molecular formula is C39H26. The zero-order chi connectivity index (χ0) is 25.8. The minimum atomic E-state index is -0.356. The van der Waals surface area contributed by atoms with E-state index in [-0.39, 0.29) is 5.41 Å². The quantitative estimate of drug-likeness (QED) is 0.215. The molecule has 0 aliphatic heterocycles. The third kappa shape index (κ3) is 3.06. The lowest BCUT2D eigenvalue weighted by atomic mass is 9.69. The van der Waals surface area contributed by atoms with E-state index in [9.17, 15) is 0 Å². The summed E-state index contributed by atoms with van der Waals surface area (Å²) in [6.07, 6.45) is 2.42. The molecule has 0 radical (unpaired) electrons. The SMILES string of the molecule is C(=C(c1ccccc1)c1ccccc1)c1cccc2c1C1(c3ccccc3-c3ccccc31)c1ccccc1-2. The number of hydrogen-bond acceptors (Lipinski definition) is 0. The van der Waals surface area contributed by atoms with Crippen LogP contribution in [-0.2, 0) is 5.41 Å². The average molecular weight is 495 g/mol. The first-order valence-electron chi connectivity index (χ1n) is 13.6. The summed E-state index contributed by atoms with van der Waals surface area (Å²) in [4.78, 5) is 0. The van der Waals surface area contributed by atoms with Gasteiger partial charge < -0.3 is 0 Å². The number of fused-ring (bicyclic) bond motifs is 10. The van der Waals surface area contributed by atoms with Crippen molar-refractivity contribution in [3.63, 3.8) is 0 Å². The van der Waals surface area contributed by atoms with Crippen molar-refractivity contribution in [2.75, 3.05) is 0 Å². The van der Waals surface area contributed by atoms with Crippen molar-refractivity contribution < 1.29 is 0 Å². The Bertz CT molecular complexity index is 1790. The molecule has 0 fully saturated rings. The third-order valence-electron chi connectivity index (χ3n) is 8.51. The molecule has 2 aliphatic carbocycles. The summed E-state index contributed by atoms with van der Waals surface area (Å²) < 4.78 is 0. The molecule has 1 spiro atoms. The first-order valence-corrected chi connectivity index (χ1v) is 13.6. The molecule has 0 unspecified atom stereocenters. The summed E-state index contributed by atoms with van der Waals surface area (Å²) in [6, 6.07) is 55.4. The molecule has 0 bridgehead atoms. The first kappa shape index (κ1) is 22.1. The Morgan fingerprint density at radius 1 is 0.385 bits per heavy atom. The van der Waals surface area contributed by atoms with Gasteiger partial charge in [0, 0.05) is 0 Å². The molecule has 6 aromatic carbocycles. The highest BCUT2D eigenvalue weighted by atomic mass is 14.5. The Balaban J connectivity index is 1.50. The van der Waals surface area contributed by atoms with Crippen molar-refractivity contribution in [3.05, 3.63) is 191 Å². The van der Waals surface area contributed by atoms with Crippen molar-refractivity contribution in [1.29, 1.82) is 0 Å². The van der Waals surface area contributed by atoms with Crippen LogP contribution in [0.5, 0.6) is 0 Å². The second-order valence-electron chi connectivity index (χ2n) is 10.4. The Hall–Kier alpha value is -4.94. The van der Waals surface area contributed by atoms with E-state index in [1.54, 1.807) is 0 Å². The van der Waals surface area contributed by atoms with Gasteiger partial charge >= 0.3 is 0 Å². The van der Waals surface area contributed by atoms with Crippen molar-refractivity contribution in [3.8, 4) is 22.3 Å². The van der Waals surface area contributed by atoms with Gasteiger partial charge in [-0.2, -0.15) is 0 Å². The molecule has 0 heteroatoms. The summed E-state index contributed by atoms with van der Waals surface area (Å²) in [5.41, 5.74) is 15.4. The van der Waals surface area contributed by atoms with Gasteiger partial charge in [-0.25, -0.2) is 0 Å². The second-order valence-corrected chi connectivity index (χ2v) is 10.4. The van der Waals surface area contributed by atoms with Crippen LogP contribution >= 0.6 is 0 Å². The maximum absolute atomic E-state index is 2.42. The Kier molecular flexibility index (Phi) is 4.84. The van der Waals surface area contributed by atoms with Crippen molar-refractivity contribution >= 4 is 11.6 Å². The Morgan fingerprint density at radius 2 is 0.795 bits per heavy atom. The lowest BCUT2D eigenvalue weighted by molar-refractivity contribution is 0.792. The molecule has 6 aromatic rings. The summed E-state index contributed by atoms with van der Waals surface area (Å²) >= 11 is 0. The zero-order valence-corrected chi connectivity index (χ0v) is 21.5. The van der Waals surface area contributed by atoms with E-state index in [2.05, 4.69) is 158 Å². The fourth-order valence-electron chi connectivity index (χ4n) is 7.03. The first-order chi connectivity index (χ1) is 19.4. The van der Waals surface area contributed by atoms with E-state index in [0.29, 0.717) is 0 Å². The van der Waals surface area contributed by atoms with Crippen LogP contribution < -0.4 is 0 Å². The predicted octanol–water partition coefficient (Wildman–Crippen LogP) is 9.62. The van der Waals surface area contributed by atoms with Crippen LogP contribution in [0.4, 0.5) is 0 Å².